The number of ether oxygens (including phenoxy) is 2. The van der Waals surface area contributed by atoms with Crippen LogP contribution in [0.2, 0.25) is 0 Å². The summed E-state index contributed by atoms with van der Waals surface area (Å²) in [5, 5.41) is 8.22. The second kappa shape index (κ2) is 14.5. The van der Waals surface area contributed by atoms with Crippen molar-refractivity contribution in [3.05, 3.63) is 11.9 Å². The van der Waals surface area contributed by atoms with Gasteiger partial charge in [0.15, 0.2) is 0 Å². The summed E-state index contributed by atoms with van der Waals surface area (Å²) in [7, 11) is 0. The fraction of sp³-hybridized carbons (Fsp3) is 0.840. The molecule has 184 valence electrons. The summed E-state index contributed by atoms with van der Waals surface area (Å²) < 4.78 is 12.9. The van der Waals surface area contributed by atoms with Gasteiger partial charge in [0.25, 0.3) is 0 Å². The predicted octanol–water partition coefficient (Wildman–Crippen LogP) is 4.81. The lowest BCUT2D eigenvalue weighted by atomic mass is 9.89. The molecule has 1 rings (SSSR count). The number of nitrogens with zero attached hydrogens (tertiary/aromatic N) is 3. The molecule has 7 heteroatoms. The quantitative estimate of drug-likeness (QED) is 0.316. The summed E-state index contributed by atoms with van der Waals surface area (Å²) in [4.78, 5) is 23.9. The molecule has 0 saturated carbocycles. The predicted molar refractivity (Wildman–Crippen MR) is 127 cm³/mol. The Labute approximate surface area is 194 Å². The zero-order valence-electron chi connectivity index (χ0n) is 21.2. The average molecular weight is 452 g/mol. The Morgan fingerprint density at radius 3 is 2.25 bits per heavy atom. The number of rotatable bonds is 17. The molecule has 7 nitrogen and oxygen atoms in total. The highest BCUT2D eigenvalue weighted by atomic mass is 16.5. The lowest BCUT2D eigenvalue weighted by molar-refractivity contribution is -0.127. The third-order valence-electron chi connectivity index (χ3n) is 5.23. The maximum atomic E-state index is 12.1. The molecule has 1 aromatic rings. The van der Waals surface area contributed by atoms with Gasteiger partial charge in [-0.3, -0.25) is 9.59 Å². The van der Waals surface area contributed by atoms with Crippen molar-refractivity contribution in [2.75, 3.05) is 26.4 Å². The molecule has 0 bridgehead atoms. The average Bonchev–Trinajstić information content (AvgIpc) is 3.14. The van der Waals surface area contributed by atoms with Crippen molar-refractivity contribution in [2.45, 2.75) is 99.5 Å². The Bertz CT molecular complexity index is 671. The van der Waals surface area contributed by atoms with Gasteiger partial charge in [-0.1, -0.05) is 46.8 Å². The molecular weight excluding hydrogens is 406 g/mol. The molecule has 0 radical (unpaired) electrons. The van der Waals surface area contributed by atoms with Gasteiger partial charge in [-0.15, -0.1) is 5.10 Å². The first kappa shape index (κ1) is 28.4. The third-order valence-corrected chi connectivity index (χ3v) is 5.23. The van der Waals surface area contributed by atoms with Crippen molar-refractivity contribution in [2.24, 2.45) is 10.8 Å². The van der Waals surface area contributed by atoms with Crippen LogP contribution in [0.5, 0.6) is 0 Å². The van der Waals surface area contributed by atoms with E-state index in [1.807, 2.05) is 27.0 Å². The van der Waals surface area contributed by atoms with Gasteiger partial charge < -0.3 is 9.47 Å². The van der Waals surface area contributed by atoms with Crippen LogP contribution in [-0.2, 0) is 32.0 Å². The maximum absolute atomic E-state index is 12.1. The molecule has 0 aliphatic carbocycles. The van der Waals surface area contributed by atoms with Crippen LogP contribution in [0.3, 0.4) is 0 Å². The second-order valence-corrected chi connectivity index (χ2v) is 10.8. The molecule has 0 aromatic carbocycles. The van der Waals surface area contributed by atoms with Crippen LogP contribution >= 0.6 is 0 Å². The Morgan fingerprint density at radius 2 is 1.56 bits per heavy atom. The lowest BCUT2D eigenvalue weighted by Gasteiger charge is -2.17. The molecular formula is C25H45N3O4. The van der Waals surface area contributed by atoms with E-state index in [0.717, 1.165) is 38.2 Å². The van der Waals surface area contributed by atoms with E-state index in [4.69, 9.17) is 9.47 Å². The number of hydrogen-bond acceptors (Lipinski definition) is 6. The van der Waals surface area contributed by atoms with Crippen LogP contribution < -0.4 is 0 Å². The molecule has 0 aliphatic heterocycles. The number of Topliss-reactive ketones (excluding diaryl/α,β-unsaturated/α-hetero) is 2. The van der Waals surface area contributed by atoms with Gasteiger partial charge in [0.1, 0.15) is 11.6 Å². The topological polar surface area (TPSA) is 83.3 Å². The van der Waals surface area contributed by atoms with E-state index < -0.39 is 0 Å². The molecule has 1 heterocycles. The summed E-state index contributed by atoms with van der Waals surface area (Å²) in [6, 6.07) is 0. The first-order valence-electron chi connectivity index (χ1n) is 12.1. The molecule has 0 fully saturated rings. The first-order chi connectivity index (χ1) is 15.0. The minimum atomic E-state index is -0.318. The molecule has 0 N–H and O–H groups in total. The van der Waals surface area contributed by atoms with Crippen LogP contribution in [0.15, 0.2) is 6.20 Å². The highest BCUT2D eigenvalue weighted by Gasteiger charge is 2.20. The maximum Gasteiger partial charge on any atom is 0.140 e. The number of hydrogen-bond donors (Lipinski definition) is 0. The van der Waals surface area contributed by atoms with E-state index in [0.29, 0.717) is 50.9 Å². The fourth-order valence-electron chi connectivity index (χ4n) is 3.09. The van der Waals surface area contributed by atoms with Gasteiger partial charge in [0, 0.05) is 44.1 Å². The van der Waals surface area contributed by atoms with E-state index in [-0.39, 0.29) is 17.0 Å². The zero-order chi connectivity index (χ0) is 24.0. The van der Waals surface area contributed by atoms with Gasteiger partial charge in [-0.05, 0) is 37.5 Å². The van der Waals surface area contributed by atoms with Gasteiger partial charge in [0.2, 0.25) is 0 Å². The van der Waals surface area contributed by atoms with Gasteiger partial charge in [0.05, 0.1) is 25.5 Å². The monoisotopic (exact) mass is 451 g/mol. The molecule has 0 saturated heterocycles. The van der Waals surface area contributed by atoms with Crippen LogP contribution in [0, 0.1) is 10.8 Å². The Balaban J connectivity index is 2.05. The third kappa shape index (κ3) is 14.5. The smallest absolute Gasteiger partial charge is 0.140 e. The molecule has 0 spiro atoms. The number of carbonyl (C=O) groups excluding carboxylic acids is 2. The summed E-state index contributed by atoms with van der Waals surface area (Å²) in [6.07, 6.45) is 8.06. The number of ketones is 2. The van der Waals surface area contributed by atoms with Crippen molar-refractivity contribution in [3.8, 4) is 0 Å². The van der Waals surface area contributed by atoms with Crippen molar-refractivity contribution in [3.63, 3.8) is 0 Å². The Morgan fingerprint density at radius 1 is 0.875 bits per heavy atom. The molecule has 1 aromatic heterocycles. The minimum Gasteiger partial charge on any atom is -0.381 e. The molecule has 0 unspecified atom stereocenters. The lowest BCUT2D eigenvalue weighted by Crippen LogP contribution is -2.21. The fourth-order valence-corrected chi connectivity index (χ4v) is 3.09. The highest BCUT2D eigenvalue weighted by molar-refractivity contribution is 5.83. The van der Waals surface area contributed by atoms with E-state index >= 15 is 0 Å². The van der Waals surface area contributed by atoms with E-state index in [9.17, 15) is 9.59 Å². The number of aromatic nitrogens is 3. The summed E-state index contributed by atoms with van der Waals surface area (Å²) in [6.45, 7) is 15.5. The normalized spacial score (nSPS) is 12.3. The van der Waals surface area contributed by atoms with Crippen molar-refractivity contribution >= 4 is 11.6 Å². The van der Waals surface area contributed by atoms with Crippen LogP contribution in [-0.4, -0.2) is 53.0 Å². The molecule has 0 aliphatic rings. The first-order valence-corrected chi connectivity index (χ1v) is 12.1. The summed E-state index contributed by atoms with van der Waals surface area (Å²) in [5.41, 5.74) is 0.868. The second-order valence-electron chi connectivity index (χ2n) is 10.8. The van der Waals surface area contributed by atoms with E-state index in [1.54, 1.807) is 4.68 Å². The van der Waals surface area contributed by atoms with Crippen molar-refractivity contribution in [1.29, 1.82) is 0 Å². The standard InChI is InChI=1S/C25H45N3O4/c1-24(2,3)14-9-17-31-16-8-7-10-22(29)12-11-21-20-28(27-26-21)15-19-32-18-13-23(30)25(4,5)6/h20H,7-19H2,1-6H3. The minimum absolute atomic E-state index is 0.203. The van der Waals surface area contributed by atoms with Crippen LogP contribution in [0.1, 0.15) is 92.2 Å². The molecule has 32 heavy (non-hydrogen) atoms. The van der Waals surface area contributed by atoms with Crippen LogP contribution in [0.25, 0.3) is 0 Å². The molecule has 0 amide bonds. The Kier molecular flexibility index (Phi) is 12.9. The van der Waals surface area contributed by atoms with E-state index in [1.165, 1.54) is 6.42 Å². The summed E-state index contributed by atoms with van der Waals surface area (Å²) in [5.74, 6) is 0.466. The Hall–Kier alpha value is -1.60. The van der Waals surface area contributed by atoms with Gasteiger partial charge in [-0.2, -0.15) is 0 Å². The van der Waals surface area contributed by atoms with Gasteiger partial charge >= 0.3 is 0 Å². The zero-order valence-corrected chi connectivity index (χ0v) is 21.2. The largest absolute Gasteiger partial charge is 0.381 e. The van der Waals surface area contributed by atoms with Gasteiger partial charge in [-0.25, -0.2) is 4.68 Å². The van der Waals surface area contributed by atoms with Crippen LogP contribution in [0.4, 0.5) is 0 Å². The van der Waals surface area contributed by atoms with E-state index in [2.05, 4.69) is 31.1 Å². The number of aryl methyl sites for hydroxylation is 1. The number of unbranched alkanes of at least 4 members (excludes halogenated alkanes) is 1. The summed E-state index contributed by atoms with van der Waals surface area (Å²) >= 11 is 0. The van der Waals surface area contributed by atoms with Crippen molar-refractivity contribution < 1.29 is 19.1 Å². The molecule has 0 atom stereocenters. The SMILES string of the molecule is CC(C)(C)CCCOCCCCC(=O)CCc1cn(CCOCCC(=O)C(C)(C)C)nn1. The highest BCUT2D eigenvalue weighted by Crippen LogP contribution is 2.20. The number of carbonyl (C=O) groups is 2. The van der Waals surface area contributed by atoms with Crippen molar-refractivity contribution in [1.82, 2.24) is 15.0 Å².